The molecule has 1 rings (SSSR count). The van der Waals surface area contributed by atoms with Crippen LogP contribution >= 0.6 is 0 Å². The minimum Gasteiger partial charge on any atom is -0.310 e. The van der Waals surface area contributed by atoms with E-state index in [0.717, 1.165) is 31.4 Å². The van der Waals surface area contributed by atoms with Crippen LogP contribution in [0.15, 0.2) is 12.1 Å². The molecular formula is C13H18F3N. The zero-order valence-corrected chi connectivity index (χ0v) is 10.2. The number of hydrogen-bond acceptors (Lipinski definition) is 1. The first-order chi connectivity index (χ1) is 8.04. The molecule has 1 atom stereocenters. The Bertz CT molecular complexity index is 343. The predicted octanol–water partition coefficient (Wildman–Crippen LogP) is 3.77. The summed E-state index contributed by atoms with van der Waals surface area (Å²) in [7, 11) is 0. The van der Waals surface area contributed by atoms with Crippen LogP contribution in [0.1, 0.15) is 38.7 Å². The Morgan fingerprint density at radius 3 is 2.29 bits per heavy atom. The summed E-state index contributed by atoms with van der Waals surface area (Å²) in [6.07, 6.45) is 3.24. The van der Waals surface area contributed by atoms with Crippen LogP contribution in [-0.2, 0) is 6.54 Å². The van der Waals surface area contributed by atoms with Gasteiger partial charge in [0.1, 0.15) is 0 Å². The maximum absolute atomic E-state index is 12.9. The average molecular weight is 245 g/mol. The summed E-state index contributed by atoms with van der Waals surface area (Å²) in [6, 6.07) is 2.33. The molecular weight excluding hydrogens is 227 g/mol. The van der Waals surface area contributed by atoms with Crippen LogP contribution in [0.4, 0.5) is 13.2 Å². The Balaban J connectivity index is 2.52. The van der Waals surface area contributed by atoms with E-state index in [-0.39, 0.29) is 6.04 Å². The van der Waals surface area contributed by atoms with Crippen molar-refractivity contribution in [3.63, 3.8) is 0 Å². The zero-order valence-electron chi connectivity index (χ0n) is 10.2. The Hall–Kier alpha value is -1.03. The van der Waals surface area contributed by atoms with Gasteiger partial charge in [0.05, 0.1) is 0 Å². The van der Waals surface area contributed by atoms with Crippen molar-refractivity contribution < 1.29 is 13.2 Å². The molecule has 4 heteroatoms. The number of unbranched alkanes of at least 4 members (excludes halogenated alkanes) is 1. The van der Waals surface area contributed by atoms with Crippen molar-refractivity contribution in [2.45, 2.75) is 45.7 Å². The molecule has 0 radical (unpaired) electrons. The van der Waals surface area contributed by atoms with Crippen LogP contribution in [0.5, 0.6) is 0 Å². The largest absolute Gasteiger partial charge is 0.310 e. The predicted molar refractivity (Wildman–Crippen MR) is 62.1 cm³/mol. The highest BCUT2D eigenvalue weighted by Gasteiger charge is 2.10. The Kier molecular flexibility index (Phi) is 5.48. The van der Waals surface area contributed by atoms with E-state index in [1.165, 1.54) is 0 Å². The molecule has 1 aromatic rings. The quantitative estimate of drug-likeness (QED) is 0.752. The maximum atomic E-state index is 12.9. The van der Waals surface area contributed by atoms with Gasteiger partial charge in [0.25, 0.3) is 0 Å². The van der Waals surface area contributed by atoms with Gasteiger partial charge in [-0.25, -0.2) is 13.2 Å². The van der Waals surface area contributed by atoms with E-state index < -0.39 is 17.5 Å². The van der Waals surface area contributed by atoms with Gasteiger partial charge in [0.15, 0.2) is 17.5 Å². The molecule has 0 bridgehead atoms. The van der Waals surface area contributed by atoms with E-state index >= 15 is 0 Å². The van der Waals surface area contributed by atoms with E-state index in [4.69, 9.17) is 0 Å². The fourth-order valence-corrected chi connectivity index (χ4v) is 1.61. The lowest BCUT2D eigenvalue weighted by molar-refractivity contribution is 0.441. The molecule has 0 saturated carbocycles. The zero-order chi connectivity index (χ0) is 12.8. The smallest absolute Gasteiger partial charge is 0.194 e. The van der Waals surface area contributed by atoms with Gasteiger partial charge in [-0.05, 0) is 31.0 Å². The molecule has 0 aromatic heterocycles. The lowest BCUT2D eigenvalue weighted by Gasteiger charge is -2.13. The molecule has 0 heterocycles. The van der Waals surface area contributed by atoms with Crippen molar-refractivity contribution >= 4 is 0 Å². The van der Waals surface area contributed by atoms with Gasteiger partial charge in [0, 0.05) is 12.6 Å². The third kappa shape index (κ3) is 4.38. The first kappa shape index (κ1) is 14.0. The van der Waals surface area contributed by atoms with E-state index in [0.29, 0.717) is 12.1 Å². The number of hydrogen-bond donors (Lipinski definition) is 1. The van der Waals surface area contributed by atoms with Crippen LogP contribution in [0.25, 0.3) is 0 Å². The maximum Gasteiger partial charge on any atom is 0.194 e. The molecule has 0 aliphatic heterocycles. The second-order valence-electron chi connectivity index (χ2n) is 4.30. The van der Waals surface area contributed by atoms with Crippen LogP contribution < -0.4 is 5.32 Å². The lowest BCUT2D eigenvalue weighted by Crippen LogP contribution is -2.25. The molecule has 96 valence electrons. The van der Waals surface area contributed by atoms with Gasteiger partial charge >= 0.3 is 0 Å². The summed E-state index contributed by atoms with van der Waals surface area (Å²) in [6.45, 7) is 4.47. The SMILES string of the molecule is CCCCC(C)NCc1cc(F)c(F)c(F)c1. The molecule has 1 nitrogen and oxygen atoms in total. The van der Waals surface area contributed by atoms with Gasteiger partial charge in [0.2, 0.25) is 0 Å². The number of benzene rings is 1. The standard InChI is InChI=1S/C13H18F3N/c1-3-4-5-9(2)17-8-10-6-11(14)13(16)12(15)7-10/h6-7,9,17H,3-5,8H2,1-2H3. The Morgan fingerprint density at radius 1 is 1.18 bits per heavy atom. The van der Waals surface area contributed by atoms with E-state index in [9.17, 15) is 13.2 Å². The van der Waals surface area contributed by atoms with Crippen molar-refractivity contribution in [3.8, 4) is 0 Å². The summed E-state index contributed by atoms with van der Waals surface area (Å²) < 4.78 is 38.6. The highest BCUT2D eigenvalue weighted by atomic mass is 19.2. The minimum atomic E-state index is -1.41. The summed E-state index contributed by atoms with van der Waals surface area (Å²) in [5.41, 5.74) is 0.421. The third-order valence-corrected chi connectivity index (χ3v) is 2.69. The topological polar surface area (TPSA) is 12.0 Å². The monoisotopic (exact) mass is 245 g/mol. The van der Waals surface area contributed by atoms with E-state index in [2.05, 4.69) is 12.2 Å². The third-order valence-electron chi connectivity index (χ3n) is 2.69. The van der Waals surface area contributed by atoms with Crippen LogP contribution in [0.3, 0.4) is 0 Å². The molecule has 0 saturated heterocycles. The van der Waals surface area contributed by atoms with Crippen molar-refractivity contribution in [2.24, 2.45) is 0 Å². The molecule has 1 N–H and O–H groups in total. The molecule has 0 fully saturated rings. The normalized spacial score (nSPS) is 12.8. The van der Waals surface area contributed by atoms with Crippen molar-refractivity contribution in [1.82, 2.24) is 5.32 Å². The number of nitrogens with one attached hydrogen (secondary N) is 1. The summed E-state index contributed by atoms with van der Waals surface area (Å²) in [4.78, 5) is 0. The lowest BCUT2D eigenvalue weighted by atomic mass is 10.1. The molecule has 1 aromatic carbocycles. The fraction of sp³-hybridized carbons (Fsp3) is 0.538. The summed E-state index contributed by atoms with van der Waals surface area (Å²) in [5, 5.41) is 3.15. The van der Waals surface area contributed by atoms with Gasteiger partial charge in [-0.2, -0.15) is 0 Å². The van der Waals surface area contributed by atoms with Gasteiger partial charge in [-0.15, -0.1) is 0 Å². The van der Waals surface area contributed by atoms with Gasteiger partial charge < -0.3 is 5.32 Å². The average Bonchev–Trinajstić information content (AvgIpc) is 2.30. The van der Waals surface area contributed by atoms with Crippen molar-refractivity contribution in [1.29, 1.82) is 0 Å². The van der Waals surface area contributed by atoms with E-state index in [1.807, 2.05) is 6.92 Å². The number of halogens is 3. The second kappa shape index (κ2) is 6.64. The van der Waals surface area contributed by atoms with Crippen molar-refractivity contribution in [2.75, 3.05) is 0 Å². The van der Waals surface area contributed by atoms with Gasteiger partial charge in [-0.3, -0.25) is 0 Å². The summed E-state index contributed by atoms with van der Waals surface area (Å²) >= 11 is 0. The van der Waals surface area contributed by atoms with Crippen LogP contribution in [-0.4, -0.2) is 6.04 Å². The molecule has 0 spiro atoms. The molecule has 17 heavy (non-hydrogen) atoms. The molecule has 0 aliphatic carbocycles. The first-order valence-electron chi connectivity index (χ1n) is 5.91. The second-order valence-corrected chi connectivity index (χ2v) is 4.30. The van der Waals surface area contributed by atoms with Crippen LogP contribution in [0, 0.1) is 17.5 Å². The summed E-state index contributed by atoms with van der Waals surface area (Å²) in [5.74, 6) is -3.68. The Labute approximate surface area is 100 Å². The number of rotatable bonds is 6. The first-order valence-corrected chi connectivity index (χ1v) is 5.91. The highest BCUT2D eigenvalue weighted by Crippen LogP contribution is 2.13. The van der Waals surface area contributed by atoms with Gasteiger partial charge in [-0.1, -0.05) is 19.8 Å². The molecule has 1 unspecified atom stereocenters. The highest BCUT2D eigenvalue weighted by molar-refractivity contribution is 5.19. The van der Waals surface area contributed by atoms with Crippen molar-refractivity contribution in [3.05, 3.63) is 35.1 Å². The fourth-order valence-electron chi connectivity index (χ4n) is 1.61. The minimum absolute atomic E-state index is 0.283. The molecule has 0 amide bonds. The Morgan fingerprint density at radius 2 is 1.76 bits per heavy atom. The van der Waals surface area contributed by atoms with Crippen LogP contribution in [0.2, 0.25) is 0 Å². The molecule has 0 aliphatic rings. The van der Waals surface area contributed by atoms with E-state index in [1.54, 1.807) is 0 Å².